The lowest BCUT2D eigenvalue weighted by Gasteiger charge is -2.12. The van der Waals surface area contributed by atoms with Crippen molar-refractivity contribution in [1.29, 1.82) is 0 Å². The zero-order chi connectivity index (χ0) is 15.5. The van der Waals surface area contributed by atoms with Crippen LogP contribution in [0.25, 0.3) is 0 Å². The molecule has 0 radical (unpaired) electrons. The maximum atomic E-state index is 12.2. The average molecular weight is 312 g/mol. The van der Waals surface area contributed by atoms with Crippen molar-refractivity contribution in [3.63, 3.8) is 0 Å². The predicted molar refractivity (Wildman–Crippen MR) is 78.0 cm³/mol. The van der Waals surface area contributed by atoms with Crippen molar-refractivity contribution < 1.29 is 17.9 Å². The van der Waals surface area contributed by atoms with Crippen LogP contribution in [0.5, 0.6) is 11.5 Å². The van der Waals surface area contributed by atoms with E-state index in [0.29, 0.717) is 23.8 Å². The highest BCUT2D eigenvalue weighted by molar-refractivity contribution is 7.92. The lowest BCUT2D eigenvalue weighted by Crippen LogP contribution is -2.14. The molecule has 4 N–H and O–H groups in total. The molecular weight excluding hydrogens is 296 g/mol. The summed E-state index contributed by atoms with van der Waals surface area (Å²) in [5.74, 6) is 0.934. The summed E-state index contributed by atoms with van der Waals surface area (Å²) >= 11 is 0. The van der Waals surface area contributed by atoms with Gasteiger partial charge in [0.1, 0.15) is 10.7 Å². The monoisotopic (exact) mass is 312 g/mol. The molecule has 0 atom stereocenters. The minimum Gasteiger partial charge on any atom is -0.493 e. The molecule has 0 unspecified atom stereocenters. The summed E-state index contributed by atoms with van der Waals surface area (Å²) in [4.78, 5) is -0.115. The Morgan fingerprint density at radius 3 is 2.71 bits per heavy atom. The summed E-state index contributed by atoms with van der Waals surface area (Å²) < 4.78 is 37.3. The molecule has 0 aliphatic heterocycles. The number of hydrogen-bond acceptors (Lipinski definition) is 6. The van der Waals surface area contributed by atoms with Crippen LogP contribution < -0.4 is 19.9 Å². The van der Waals surface area contributed by atoms with Gasteiger partial charge in [-0.1, -0.05) is 0 Å². The van der Waals surface area contributed by atoms with Crippen LogP contribution in [-0.4, -0.2) is 32.3 Å². The molecule has 0 aliphatic rings. The van der Waals surface area contributed by atoms with E-state index in [0.717, 1.165) is 6.20 Å². The summed E-state index contributed by atoms with van der Waals surface area (Å²) in [5.41, 5.74) is 5.85. The molecule has 0 saturated heterocycles. The van der Waals surface area contributed by atoms with Gasteiger partial charge >= 0.3 is 0 Å². The van der Waals surface area contributed by atoms with Crippen LogP contribution in [0.1, 0.15) is 6.92 Å². The lowest BCUT2D eigenvalue weighted by atomic mass is 10.3. The molecule has 1 aromatic heterocycles. The molecule has 0 bridgehead atoms. The van der Waals surface area contributed by atoms with E-state index in [-0.39, 0.29) is 10.7 Å². The minimum atomic E-state index is -3.82. The van der Waals surface area contributed by atoms with Crippen molar-refractivity contribution in [2.75, 3.05) is 24.2 Å². The normalized spacial score (nSPS) is 11.1. The van der Waals surface area contributed by atoms with Crippen LogP contribution in [-0.2, 0) is 10.0 Å². The second-order valence-corrected chi connectivity index (χ2v) is 5.70. The standard InChI is InChI=1S/C12H16N4O4S/c1-3-20-9-5-4-8(6-10(9)19-2)16-21(17,18)11-7-14-15-12(11)13/h4-7,16H,3H2,1-2H3,(H3,13,14,15). The SMILES string of the molecule is CCOc1ccc(NS(=O)(=O)c2cn[nH]c2N)cc1OC. The number of nitrogens with zero attached hydrogens (tertiary/aromatic N) is 1. The first-order valence-corrected chi connectivity index (χ1v) is 7.58. The first-order valence-electron chi connectivity index (χ1n) is 6.10. The van der Waals surface area contributed by atoms with Gasteiger partial charge in [0.25, 0.3) is 10.0 Å². The van der Waals surface area contributed by atoms with Gasteiger partial charge in [-0.25, -0.2) is 8.42 Å². The predicted octanol–water partition coefficient (Wildman–Crippen LogP) is 1.20. The van der Waals surface area contributed by atoms with Gasteiger partial charge in [0, 0.05) is 6.07 Å². The second-order valence-electron chi connectivity index (χ2n) is 4.05. The Morgan fingerprint density at radius 2 is 2.14 bits per heavy atom. The fourth-order valence-corrected chi connectivity index (χ4v) is 2.79. The Morgan fingerprint density at radius 1 is 1.38 bits per heavy atom. The smallest absolute Gasteiger partial charge is 0.267 e. The molecule has 0 saturated carbocycles. The number of nitrogens with two attached hydrogens (primary N) is 1. The largest absolute Gasteiger partial charge is 0.493 e. The maximum absolute atomic E-state index is 12.2. The van der Waals surface area contributed by atoms with Gasteiger partial charge in [-0.15, -0.1) is 0 Å². The zero-order valence-electron chi connectivity index (χ0n) is 11.6. The summed E-state index contributed by atoms with van der Waals surface area (Å²) in [5, 5.41) is 5.96. The maximum Gasteiger partial charge on any atom is 0.267 e. The fourth-order valence-electron chi connectivity index (χ4n) is 1.72. The molecule has 114 valence electrons. The number of aromatic nitrogens is 2. The highest BCUT2D eigenvalue weighted by Crippen LogP contribution is 2.31. The molecule has 2 aromatic rings. The molecule has 8 nitrogen and oxygen atoms in total. The van der Waals surface area contributed by atoms with Crippen LogP contribution in [0.15, 0.2) is 29.3 Å². The van der Waals surface area contributed by atoms with Crippen LogP contribution in [0, 0.1) is 0 Å². The average Bonchev–Trinajstić information content (AvgIpc) is 2.87. The van der Waals surface area contributed by atoms with E-state index in [9.17, 15) is 8.42 Å². The van der Waals surface area contributed by atoms with Crippen LogP contribution in [0.3, 0.4) is 0 Å². The van der Waals surface area contributed by atoms with Gasteiger partial charge in [0.2, 0.25) is 0 Å². The van der Waals surface area contributed by atoms with Crippen molar-refractivity contribution >= 4 is 21.5 Å². The number of nitrogens with one attached hydrogen (secondary N) is 2. The molecule has 9 heteroatoms. The second kappa shape index (κ2) is 5.92. The van der Waals surface area contributed by atoms with Gasteiger partial charge in [0.15, 0.2) is 11.5 Å². The first kappa shape index (κ1) is 15.0. The van der Waals surface area contributed by atoms with E-state index < -0.39 is 10.0 Å². The number of aromatic amines is 1. The summed E-state index contributed by atoms with van der Waals surface area (Å²) in [6, 6.07) is 4.72. The summed E-state index contributed by atoms with van der Waals surface area (Å²) in [6.07, 6.45) is 1.14. The third-order valence-electron chi connectivity index (χ3n) is 2.64. The number of nitrogen functional groups attached to an aromatic ring is 1. The van der Waals surface area contributed by atoms with E-state index in [1.807, 2.05) is 6.92 Å². The molecule has 1 heterocycles. The number of rotatable bonds is 6. The molecular formula is C12H16N4O4S. The number of benzene rings is 1. The third-order valence-corrected chi connectivity index (χ3v) is 4.05. The van der Waals surface area contributed by atoms with Gasteiger partial charge in [-0.3, -0.25) is 9.82 Å². The van der Waals surface area contributed by atoms with Gasteiger partial charge < -0.3 is 15.2 Å². The number of ether oxygens (including phenoxy) is 2. The van der Waals surface area contributed by atoms with Crippen LogP contribution in [0.4, 0.5) is 11.5 Å². The molecule has 0 aliphatic carbocycles. The Labute approximate surface area is 122 Å². The lowest BCUT2D eigenvalue weighted by molar-refractivity contribution is 0.311. The Kier molecular flexibility index (Phi) is 4.22. The van der Waals surface area contributed by atoms with Crippen molar-refractivity contribution in [3.8, 4) is 11.5 Å². The Balaban J connectivity index is 2.30. The number of sulfonamides is 1. The minimum absolute atomic E-state index is 0.0274. The number of methoxy groups -OCH3 is 1. The Bertz CT molecular complexity index is 727. The molecule has 0 spiro atoms. The Hall–Kier alpha value is -2.42. The van der Waals surface area contributed by atoms with E-state index in [4.69, 9.17) is 15.2 Å². The van der Waals surface area contributed by atoms with E-state index >= 15 is 0 Å². The third kappa shape index (κ3) is 3.19. The summed E-state index contributed by atoms with van der Waals surface area (Å²) in [7, 11) is -2.34. The molecule has 0 amide bonds. The molecule has 2 rings (SSSR count). The quantitative estimate of drug-likeness (QED) is 0.737. The van der Waals surface area contributed by atoms with Crippen molar-refractivity contribution in [1.82, 2.24) is 10.2 Å². The number of H-pyrrole nitrogens is 1. The van der Waals surface area contributed by atoms with E-state index in [2.05, 4.69) is 14.9 Å². The van der Waals surface area contributed by atoms with Gasteiger partial charge in [-0.05, 0) is 19.1 Å². The fraction of sp³-hybridized carbons (Fsp3) is 0.250. The topological polar surface area (TPSA) is 119 Å². The van der Waals surface area contributed by atoms with E-state index in [1.165, 1.54) is 13.2 Å². The molecule has 21 heavy (non-hydrogen) atoms. The highest BCUT2D eigenvalue weighted by Gasteiger charge is 2.20. The van der Waals surface area contributed by atoms with Gasteiger partial charge in [0.05, 0.1) is 25.6 Å². The zero-order valence-corrected chi connectivity index (χ0v) is 12.4. The van der Waals surface area contributed by atoms with Crippen LogP contribution >= 0.6 is 0 Å². The number of anilines is 2. The van der Waals surface area contributed by atoms with Crippen molar-refractivity contribution in [2.45, 2.75) is 11.8 Å². The van der Waals surface area contributed by atoms with E-state index in [1.54, 1.807) is 12.1 Å². The van der Waals surface area contributed by atoms with Crippen molar-refractivity contribution in [3.05, 3.63) is 24.4 Å². The summed E-state index contributed by atoms with van der Waals surface area (Å²) in [6.45, 7) is 2.32. The molecule has 1 aromatic carbocycles. The van der Waals surface area contributed by atoms with Gasteiger partial charge in [-0.2, -0.15) is 5.10 Å². The first-order chi connectivity index (χ1) is 9.97. The highest BCUT2D eigenvalue weighted by atomic mass is 32.2. The number of hydrogen-bond donors (Lipinski definition) is 3. The van der Waals surface area contributed by atoms with Crippen LogP contribution in [0.2, 0.25) is 0 Å². The van der Waals surface area contributed by atoms with Crippen molar-refractivity contribution in [2.24, 2.45) is 0 Å². The molecule has 0 fully saturated rings.